The molecule has 5 heteroatoms. The lowest BCUT2D eigenvalue weighted by Gasteiger charge is -2.39. The van der Waals surface area contributed by atoms with Gasteiger partial charge in [-0.25, -0.2) is 0 Å². The second-order valence-electron chi connectivity index (χ2n) is 10.0. The molecule has 1 aromatic heterocycles. The average Bonchev–Trinajstić information content (AvgIpc) is 3.49. The summed E-state index contributed by atoms with van der Waals surface area (Å²) in [5, 5.41) is 1.31. The Kier molecular flexibility index (Phi) is 5.58. The summed E-state index contributed by atoms with van der Waals surface area (Å²) in [4.78, 5) is 24.3. The molecule has 6 rings (SSSR count). The Morgan fingerprint density at radius 1 is 0.879 bits per heavy atom. The first-order valence-electron chi connectivity index (χ1n) is 12.7. The number of nitrogens with zero attached hydrogens (tertiary/aromatic N) is 3. The summed E-state index contributed by atoms with van der Waals surface area (Å²) in [6.45, 7) is 5.11. The molecule has 1 aliphatic carbocycles. The van der Waals surface area contributed by atoms with Gasteiger partial charge in [-0.15, -0.1) is 0 Å². The summed E-state index contributed by atoms with van der Waals surface area (Å²) in [6, 6.07) is 17.5. The van der Waals surface area contributed by atoms with Crippen LogP contribution in [0.1, 0.15) is 37.7 Å². The first kappa shape index (κ1) is 20.8. The topological polar surface area (TPSA) is 42.6 Å². The van der Waals surface area contributed by atoms with Crippen molar-refractivity contribution in [3.8, 4) is 0 Å². The van der Waals surface area contributed by atoms with Crippen molar-refractivity contribution in [3.05, 3.63) is 60.3 Å². The molecule has 1 amide bonds. The highest BCUT2D eigenvalue weighted by Gasteiger charge is 2.38. The summed E-state index contributed by atoms with van der Waals surface area (Å²) >= 11 is 0. The number of piperazine rings is 1. The van der Waals surface area contributed by atoms with Gasteiger partial charge in [0.2, 0.25) is 5.91 Å². The molecular weight excluding hydrogens is 408 g/mol. The Morgan fingerprint density at radius 3 is 2.52 bits per heavy atom. The molecule has 2 aromatic carbocycles. The number of benzene rings is 2. The van der Waals surface area contributed by atoms with Gasteiger partial charge in [-0.3, -0.25) is 9.69 Å². The molecule has 3 aliphatic rings. The number of anilines is 2. The highest BCUT2D eigenvalue weighted by Crippen LogP contribution is 2.36. The molecule has 1 atom stereocenters. The van der Waals surface area contributed by atoms with E-state index in [2.05, 4.69) is 68.2 Å². The number of carbonyl (C=O) groups excluding carboxylic acids is 1. The highest BCUT2D eigenvalue weighted by atomic mass is 16.2. The van der Waals surface area contributed by atoms with Gasteiger partial charge in [-0.05, 0) is 49.1 Å². The molecule has 2 fully saturated rings. The van der Waals surface area contributed by atoms with Crippen LogP contribution in [0, 0.1) is 5.92 Å². The van der Waals surface area contributed by atoms with Crippen LogP contribution in [-0.4, -0.2) is 54.6 Å². The number of rotatable bonds is 4. The molecule has 172 valence electrons. The van der Waals surface area contributed by atoms with E-state index in [0.29, 0.717) is 5.91 Å². The second-order valence-corrected chi connectivity index (χ2v) is 10.0. The van der Waals surface area contributed by atoms with E-state index in [4.69, 9.17) is 0 Å². The standard InChI is InChI=1S/C28H34N4O/c33-28(21-7-2-1-3-8-21)32-23(19-22-9-4-5-11-26(22)32)20-30-15-17-31(18-16-30)27-12-6-10-25-24(27)13-14-29-25/h4-6,9-14,21,23,29H,1-3,7-8,15-20H2. The molecule has 2 aliphatic heterocycles. The molecular formula is C28H34N4O. The van der Waals surface area contributed by atoms with Crippen molar-refractivity contribution in [1.29, 1.82) is 0 Å². The Morgan fingerprint density at radius 2 is 1.67 bits per heavy atom. The van der Waals surface area contributed by atoms with Gasteiger partial charge in [0, 0.05) is 67.1 Å². The van der Waals surface area contributed by atoms with Gasteiger partial charge in [-0.2, -0.15) is 0 Å². The van der Waals surface area contributed by atoms with Crippen molar-refractivity contribution in [1.82, 2.24) is 9.88 Å². The maximum atomic E-state index is 13.6. The highest BCUT2D eigenvalue weighted by molar-refractivity contribution is 5.98. The zero-order valence-electron chi connectivity index (χ0n) is 19.4. The number of hydrogen-bond acceptors (Lipinski definition) is 3. The summed E-state index contributed by atoms with van der Waals surface area (Å²) in [5.74, 6) is 0.591. The van der Waals surface area contributed by atoms with Crippen LogP contribution in [-0.2, 0) is 11.2 Å². The van der Waals surface area contributed by atoms with Crippen LogP contribution in [0.3, 0.4) is 0 Å². The van der Waals surface area contributed by atoms with Gasteiger partial charge >= 0.3 is 0 Å². The zero-order chi connectivity index (χ0) is 22.2. The minimum absolute atomic E-state index is 0.214. The van der Waals surface area contributed by atoms with E-state index in [1.54, 1.807) is 0 Å². The van der Waals surface area contributed by atoms with Crippen LogP contribution < -0.4 is 9.80 Å². The summed E-state index contributed by atoms with van der Waals surface area (Å²) in [7, 11) is 0. The number of aromatic nitrogens is 1. The van der Waals surface area contributed by atoms with Gasteiger partial charge in [0.1, 0.15) is 0 Å². The first-order chi connectivity index (χ1) is 16.3. The second kappa shape index (κ2) is 8.86. The molecule has 1 N–H and O–H groups in total. The Bertz CT molecular complexity index is 1120. The van der Waals surface area contributed by atoms with Crippen LogP contribution >= 0.6 is 0 Å². The third-order valence-electron chi connectivity index (χ3n) is 8.02. The van der Waals surface area contributed by atoms with Crippen LogP contribution in [0.15, 0.2) is 54.7 Å². The summed E-state index contributed by atoms with van der Waals surface area (Å²) in [5.41, 5.74) is 5.03. The van der Waals surface area contributed by atoms with Gasteiger partial charge in [-0.1, -0.05) is 43.5 Å². The summed E-state index contributed by atoms with van der Waals surface area (Å²) in [6.07, 6.45) is 8.82. The van der Waals surface area contributed by atoms with E-state index in [0.717, 1.165) is 57.7 Å². The minimum Gasteiger partial charge on any atom is -0.368 e. The zero-order valence-corrected chi connectivity index (χ0v) is 19.4. The van der Waals surface area contributed by atoms with Crippen molar-refractivity contribution in [2.45, 2.75) is 44.6 Å². The SMILES string of the molecule is O=C(C1CCCCC1)N1c2ccccc2CC1CN1CCN(c2cccc3[nH]ccc23)CC1. The molecule has 33 heavy (non-hydrogen) atoms. The Labute approximate surface area is 196 Å². The van der Waals surface area contributed by atoms with Crippen molar-refractivity contribution in [3.63, 3.8) is 0 Å². The van der Waals surface area contributed by atoms with E-state index in [1.165, 1.54) is 41.4 Å². The predicted molar refractivity (Wildman–Crippen MR) is 135 cm³/mol. The molecule has 5 nitrogen and oxygen atoms in total. The number of nitrogens with one attached hydrogen (secondary N) is 1. The number of aromatic amines is 1. The summed E-state index contributed by atoms with van der Waals surface area (Å²) < 4.78 is 0. The van der Waals surface area contributed by atoms with E-state index in [9.17, 15) is 4.79 Å². The molecule has 0 spiro atoms. The molecule has 3 heterocycles. The largest absolute Gasteiger partial charge is 0.368 e. The van der Waals surface area contributed by atoms with Crippen LogP contribution in [0.2, 0.25) is 0 Å². The van der Waals surface area contributed by atoms with Crippen molar-refractivity contribution in [2.24, 2.45) is 5.92 Å². The fourth-order valence-electron chi connectivity index (χ4n) is 6.27. The fourth-order valence-corrected chi connectivity index (χ4v) is 6.27. The van der Waals surface area contributed by atoms with Crippen LogP contribution in [0.25, 0.3) is 10.9 Å². The van der Waals surface area contributed by atoms with E-state index >= 15 is 0 Å². The Balaban J connectivity index is 1.15. The molecule has 1 unspecified atom stereocenters. The van der Waals surface area contributed by atoms with Crippen molar-refractivity contribution in [2.75, 3.05) is 42.5 Å². The van der Waals surface area contributed by atoms with E-state index in [1.807, 2.05) is 6.20 Å². The fraction of sp³-hybridized carbons (Fsp3) is 0.464. The Hall–Kier alpha value is -2.79. The molecule has 1 saturated carbocycles. The quantitative estimate of drug-likeness (QED) is 0.629. The van der Waals surface area contributed by atoms with Crippen LogP contribution in [0.4, 0.5) is 11.4 Å². The van der Waals surface area contributed by atoms with Gasteiger partial charge in [0.15, 0.2) is 0 Å². The minimum atomic E-state index is 0.214. The maximum Gasteiger partial charge on any atom is 0.230 e. The first-order valence-corrected chi connectivity index (χ1v) is 12.7. The van der Waals surface area contributed by atoms with E-state index < -0.39 is 0 Å². The maximum absolute atomic E-state index is 13.6. The third kappa shape index (κ3) is 3.93. The van der Waals surface area contributed by atoms with Crippen LogP contribution in [0.5, 0.6) is 0 Å². The van der Waals surface area contributed by atoms with E-state index in [-0.39, 0.29) is 12.0 Å². The molecule has 0 radical (unpaired) electrons. The smallest absolute Gasteiger partial charge is 0.230 e. The number of fused-ring (bicyclic) bond motifs is 2. The average molecular weight is 443 g/mol. The molecule has 1 saturated heterocycles. The lowest BCUT2D eigenvalue weighted by atomic mass is 9.88. The number of H-pyrrole nitrogens is 1. The molecule has 0 bridgehead atoms. The lowest BCUT2D eigenvalue weighted by molar-refractivity contribution is -0.123. The van der Waals surface area contributed by atoms with Crippen molar-refractivity contribution < 1.29 is 4.79 Å². The number of para-hydroxylation sites is 1. The van der Waals surface area contributed by atoms with Gasteiger partial charge in [0.05, 0.1) is 6.04 Å². The number of amides is 1. The normalized spacial score (nSPS) is 22.1. The lowest BCUT2D eigenvalue weighted by Crippen LogP contribution is -2.53. The number of carbonyl (C=O) groups is 1. The molecule has 3 aromatic rings. The van der Waals surface area contributed by atoms with Gasteiger partial charge < -0.3 is 14.8 Å². The predicted octanol–water partition coefficient (Wildman–Crippen LogP) is 4.83. The number of hydrogen-bond donors (Lipinski definition) is 1. The van der Waals surface area contributed by atoms with Gasteiger partial charge in [0.25, 0.3) is 0 Å². The van der Waals surface area contributed by atoms with Crippen molar-refractivity contribution >= 4 is 28.2 Å². The monoisotopic (exact) mass is 442 g/mol. The third-order valence-corrected chi connectivity index (χ3v) is 8.02.